The predicted octanol–water partition coefficient (Wildman–Crippen LogP) is 3.32. The van der Waals surface area contributed by atoms with E-state index in [1.165, 1.54) is 4.88 Å². The van der Waals surface area contributed by atoms with Crippen molar-refractivity contribution in [3.05, 3.63) is 52.5 Å². The molecule has 1 N–H and O–H groups in total. The number of imidazole rings is 1. The summed E-state index contributed by atoms with van der Waals surface area (Å²) < 4.78 is 2.10. The molecule has 5 heteroatoms. The normalized spacial score (nSPS) is 11.0. The molecule has 0 aliphatic carbocycles. The summed E-state index contributed by atoms with van der Waals surface area (Å²) in [6.45, 7) is 0.634. The Kier molecular flexibility index (Phi) is 5.08. The number of hydrogen-bond donors (Lipinski definition) is 1. The fraction of sp³-hybridized carbons (Fsp3) is 0.333. The van der Waals surface area contributed by atoms with Gasteiger partial charge in [0.1, 0.15) is 5.82 Å². The van der Waals surface area contributed by atoms with E-state index in [2.05, 4.69) is 38.4 Å². The summed E-state index contributed by atoms with van der Waals surface area (Å²) in [5.74, 6) is 1.13. The molecule has 120 valence electrons. The third-order valence-corrected chi connectivity index (χ3v) is 4.89. The van der Waals surface area contributed by atoms with E-state index in [9.17, 15) is 4.79 Å². The fourth-order valence-electron chi connectivity index (χ4n) is 2.70. The lowest BCUT2D eigenvalue weighted by Gasteiger charge is -2.05. The number of carbonyl (C=O) groups is 1. The quantitative estimate of drug-likeness (QED) is 0.723. The molecule has 3 rings (SSSR count). The van der Waals surface area contributed by atoms with Crippen molar-refractivity contribution < 1.29 is 4.79 Å². The van der Waals surface area contributed by atoms with E-state index in [1.807, 2.05) is 25.2 Å². The minimum absolute atomic E-state index is 0.125. The molecule has 0 unspecified atom stereocenters. The SMILES string of the molecule is Cn1c(CCNC(=O)CCCc2cccs2)nc2ccccc21. The van der Waals surface area contributed by atoms with Crippen LogP contribution in [0.2, 0.25) is 0 Å². The molecule has 4 nitrogen and oxygen atoms in total. The lowest BCUT2D eigenvalue weighted by atomic mass is 10.2. The van der Waals surface area contributed by atoms with E-state index in [4.69, 9.17) is 0 Å². The zero-order valence-corrected chi connectivity index (χ0v) is 14.1. The van der Waals surface area contributed by atoms with E-state index >= 15 is 0 Å². The Morgan fingerprint density at radius 3 is 2.87 bits per heavy atom. The van der Waals surface area contributed by atoms with E-state index < -0.39 is 0 Å². The summed E-state index contributed by atoms with van der Waals surface area (Å²) >= 11 is 1.75. The average molecular weight is 327 g/mol. The Hall–Kier alpha value is -2.14. The van der Waals surface area contributed by atoms with Gasteiger partial charge in [-0.05, 0) is 36.4 Å². The van der Waals surface area contributed by atoms with Gasteiger partial charge in [-0.1, -0.05) is 18.2 Å². The zero-order chi connectivity index (χ0) is 16.1. The maximum Gasteiger partial charge on any atom is 0.220 e. The summed E-state index contributed by atoms with van der Waals surface area (Å²) in [4.78, 5) is 17.8. The van der Waals surface area contributed by atoms with Crippen LogP contribution in [0, 0.1) is 0 Å². The van der Waals surface area contributed by atoms with Gasteiger partial charge in [-0.25, -0.2) is 4.98 Å². The largest absolute Gasteiger partial charge is 0.356 e. The van der Waals surface area contributed by atoms with Gasteiger partial charge < -0.3 is 9.88 Å². The lowest BCUT2D eigenvalue weighted by molar-refractivity contribution is -0.121. The Labute approximate surface area is 140 Å². The molecule has 0 saturated heterocycles. The Bertz CT molecular complexity index is 777. The molecule has 23 heavy (non-hydrogen) atoms. The third kappa shape index (κ3) is 3.99. The number of nitrogens with zero attached hydrogens (tertiary/aromatic N) is 2. The molecular weight excluding hydrogens is 306 g/mol. The van der Waals surface area contributed by atoms with Gasteiger partial charge in [0.05, 0.1) is 11.0 Å². The predicted molar refractivity (Wildman–Crippen MR) is 94.7 cm³/mol. The van der Waals surface area contributed by atoms with E-state index in [1.54, 1.807) is 11.3 Å². The van der Waals surface area contributed by atoms with Crippen LogP contribution in [-0.2, 0) is 24.7 Å². The first-order valence-corrected chi connectivity index (χ1v) is 8.81. The smallest absolute Gasteiger partial charge is 0.220 e. The van der Waals surface area contributed by atoms with Gasteiger partial charge in [-0.15, -0.1) is 11.3 Å². The van der Waals surface area contributed by atoms with Crippen molar-refractivity contribution in [1.29, 1.82) is 0 Å². The number of fused-ring (bicyclic) bond motifs is 1. The molecule has 2 aromatic heterocycles. The fourth-order valence-corrected chi connectivity index (χ4v) is 3.45. The van der Waals surface area contributed by atoms with Crippen LogP contribution >= 0.6 is 11.3 Å². The Balaban J connectivity index is 1.43. The van der Waals surface area contributed by atoms with Crippen LogP contribution in [0.15, 0.2) is 41.8 Å². The first-order chi connectivity index (χ1) is 11.2. The van der Waals surface area contributed by atoms with E-state index in [0.717, 1.165) is 36.1 Å². The zero-order valence-electron chi connectivity index (χ0n) is 13.3. The van der Waals surface area contributed by atoms with Crippen molar-refractivity contribution in [3.8, 4) is 0 Å². The monoisotopic (exact) mass is 327 g/mol. The van der Waals surface area contributed by atoms with Crippen molar-refractivity contribution in [2.75, 3.05) is 6.54 Å². The Morgan fingerprint density at radius 1 is 1.22 bits per heavy atom. The van der Waals surface area contributed by atoms with Gasteiger partial charge in [-0.2, -0.15) is 0 Å². The minimum Gasteiger partial charge on any atom is -0.356 e. The molecule has 2 heterocycles. The van der Waals surface area contributed by atoms with Crippen LogP contribution in [0.3, 0.4) is 0 Å². The summed E-state index contributed by atoms with van der Waals surface area (Å²) in [5.41, 5.74) is 2.14. The molecule has 0 spiro atoms. The van der Waals surface area contributed by atoms with Gasteiger partial charge in [-0.3, -0.25) is 4.79 Å². The number of thiophene rings is 1. The number of para-hydroxylation sites is 2. The molecule has 0 bridgehead atoms. The highest BCUT2D eigenvalue weighted by molar-refractivity contribution is 7.09. The third-order valence-electron chi connectivity index (χ3n) is 3.96. The molecule has 0 aliphatic heterocycles. The second kappa shape index (κ2) is 7.42. The number of nitrogens with one attached hydrogen (secondary N) is 1. The number of carbonyl (C=O) groups excluding carboxylic acids is 1. The van der Waals surface area contributed by atoms with Crippen LogP contribution in [0.4, 0.5) is 0 Å². The van der Waals surface area contributed by atoms with Gasteiger partial charge in [0, 0.05) is 31.3 Å². The minimum atomic E-state index is 0.125. The molecule has 1 aromatic carbocycles. The van der Waals surface area contributed by atoms with Gasteiger partial charge in [0.2, 0.25) is 5.91 Å². The van der Waals surface area contributed by atoms with Gasteiger partial charge in [0.15, 0.2) is 0 Å². The molecule has 0 fully saturated rings. The van der Waals surface area contributed by atoms with Crippen LogP contribution < -0.4 is 5.32 Å². The summed E-state index contributed by atoms with van der Waals surface area (Å²) in [7, 11) is 2.02. The number of amides is 1. The van der Waals surface area contributed by atoms with Crippen molar-refractivity contribution >= 4 is 28.3 Å². The lowest BCUT2D eigenvalue weighted by Crippen LogP contribution is -2.26. The number of aryl methyl sites for hydroxylation is 2. The van der Waals surface area contributed by atoms with Crippen LogP contribution in [0.5, 0.6) is 0 Å². The van der Waals surface area contributed by atoms with Crippen LogP contribution in [0.1, 0.15) is 23.5 Å². The molecular formula is C18H21N3OS. The molecule has 0 saturated carbocycles. The maximum absolute atomic E-state index is 11.9. The van der Waals surface area contributed by atoms with Crippen LogP contribution in [-0.4, -0.2) is 22.0 Å². The standard InChI is InChI=1S/C18H21N3OS/c1-21-16-9-3-2-8-15(16)20-17(21)11-12-19-18(22)10-4-6-14-7-5-13-23-14/h2-3,5,7-9,13H,4,6,10-12H2,1H3,(H,19,22). The first kappa shape index (κ1) is 15.7. The maximum atomic E-state index is 11.9. The number of hydrogen-bond acceptors (Lipinski definition) is 3. The second-order valence-corrected chi connectivity index (χ2v) is 6.64. The average Bonchev–Trinajstić information content (AvgIpc) is 3.17. The summed E-state index contributed by atoms with van der Waals surface area (Å²) in [6.07, 6.45) is 3.22. The van der Waals surface area contributed by atoms with Crippen molar-refractivity contribution in [1.82, 2.24) is 14.9 Å². The van der Waals surface area contributed by atoms with Crippen molar-refractivity contribution in [3.63, 3.8) is 0 Å². The Morgan fingerprint density at radius 2 is 2.09 bits per heavy atom. The van der Waals surface area contributed by atoms with E-state index in [-0.39, 0.29) is 5.91 Å². The molecule has 0 radical (unpaired) electrons. The van der Waals surface area contributed by atoms with Gasteiger partial charge >= 0.3 is 0 Å². The molecule has 3 aromatic rings. The molecule has 0 atom stereocenters. The first-order valence-electron chi connectivity index (χ1n) is 7.93. The summed E-state index contributed by atoms with van der Waals surface area (Å²) in [5, 5.41) is 5.07. The van der Waals surface area contributed by atoms with E-state index in [0.29, 0.717) is 13.0 Å². The number of aromatic nitrogens is 2. The topological polar surface area (TPSA) is 46.9 Å². The van der Waals surface area contributed by atoms with Crippen molar-refractivity contribution in [2.24, 2.45) is 7.05 Å². The number of rotatable bonds is 7. The van der Waals surface area contributed by atoms with Crippen LogP contribution in [0.25, 0.3) is 11.0 Å². The van der Waals surface area contributed by atoms with Crippen molar-refractivity contribution in [2.45, 2.75) is 25.7 Å². The highest BCUT2D eigenvalue weighted by Crippen LogP contribution is 2.14. The summed E-state index contributed by atoms with van der Waals surface area (Å²) in [6, 6.07) is 12.3. The molecule has 1 amide bonds. The highest BCUT2D eigenvalue weighted by Gasteiger charge is 2.07. The number of benzene rings is 1. The van der Waals surface area contributed by atoms with Gasteiger partial charge in [0.25, 0.3) is 0 Å². The highest BCUT2D eigenvalue weighted by atomic mass is 32.1. The second-order valence-electron chi connectivity index (χ2n) is 5.61. The molecule has 0 aliphatic rings.